The Morgan fingerprint density at radius 2 is 2.12 bits per heavy atom. The van der Waals surface area contributed by atoms with Crippen LogP contribution in [0, 0.1) is 0 Å². The molecule has 1 saturated carbocycles. The average Bonchev–Trinajstić information content (AvgIpc) is 3.11. The van der Waals surface area contributed by atoms with Crippen LogP contribution in [0.4, 0.5) is 0 Å². The molecule has 0 unspecified atom stereocenters. The number of amides is 1. The van der Waals surface area contributed by atoms with Crippen LogP contribution in [-0.2, 0) is 6.42 Å². The number of carbonyl (C=O) groups excluding carboxylic acids is 1. The first-order chi connectivity index (χ1) is 8.13. The second kappa shape index (κ2) is 4.78. The fourth-order valence-corrected chi connectivity index (χ4v) is 1.80. The molecule has 3 heteroatoms. The molecule has 0 heterocycles. The van der Waals surface area contributed by atoms with E-state index in [-0.39, 0.29) is 5.91 Å². The quantitative estimate of drug-likeness (QED) is 0.799. The number of hydrogen-bond donors (Lipinski definition) is 0. The minimum Gasteiger partial charge on any atom is -0.490 e. The SMILES string of the molecule is CCc1cccc(OC2CC2)c1C(=O)N(C)C. The Labute approximate surface area is 102 Å². The monoisotopic (exact) mass is 233 g/mol. The van der Waals surface area contributed by atoms with Crippen LogP contribution < -0.4 is 4.74 Å². The minimum atomic E-state index is 0.0260. The van der Waals surface area contributed by atoms with Crippen molar-refractivity contribution >= 4 is 5.91 Å². The van der Waals surface area contributed by atoms with Gasteiger partial charge in [-0.3, -0.25) is 4.79 Å². The number of hydrogen-bond acceptors (Lipinski definition) is 2. The molecule has 92 valence electrons. The van der Waals surface area contributed by atoms with Gasteiger partial charge < -0.3 is 9.64 Å². The molecule has 1 aliphatic rings. The Morgan fingerprint density at radius 1 is 1.41 bits per heavy atom. The number of nitrogens with zero attached hydrogens (tertiary/aromatic N) is 1. The summed E-state index contributed by atoms with van der Waals surface area (Å²) < 4.78 is 5.82. The van der Waals surface area contributed by atoms with Crippen molar-refractivity contribution in [2.45, 2.75) is 32.3 Å². The van der Waals surface area contributed by atoms with Crippen molar-refractivity contribution in [3.63, 3.8) is 0 Å². The molecule has 0 saturated heterocycles. The third-order valence-electron chi connectivity index (χ3n) is 2.93. The topological polar surface area (TPSA) is 29.5 Å². The molecule has 0 aromatic heterocycles. The van der Waals surface area contributed by atoms with Crippen molar-refractivity contribution in [3.8, 4) is 5.75 Å². The Kier molecular flexibility index (Phi) is 3.36. The molecule has 1 fully saturated rings. The lowest BCUT2D eigenvalue weighted by Crippen LogP contribution is -2.24. The lowest BCUT2D eigenvalue weighted by atomic mass is 10.0. The molecule has 17 heavy (non-hydrogen) atoms. The van der Waals surface area contributed by atoms with Crippen LogP contribution in [0.15, 0.2) is 18.2 Å². The molecule has 0 atom stereocenters. The molecule has 0 aliphatic heterocycles. The van der Waals surface area contributed by atoms with Gasteiger partial charge in [0.25, 0.3) is 5.91 Å². The fraction of sp³-hybridized carbons (Fsp3) is 0.500. The highest BCUT2D eigenvalue weighted by Gasteiger charge is 2.27. The first-order valence-electron chi connectivity index (χ1n) is 6.13. The number of ether oxygens (including phenoxy) is 1. The van der Waals surface area contributed by atoms with Crippen LogP contribution in [0.2, 0.25) is 0 Å². The van der Waals surface area contributed by atoms with E-state index in [4.69, 9.17) is 4.74 Å². The van der Waals surface area contributed by atoms with E-state index in [9.17, 15) is 4.79 Å². The summed E-state index contributed by atoms with van der Waals surface area (Å²) in [6.07, 6.45) is 3.37. The van der Waals surface area contributed by atoms with Gasteiger partial charge in [-0.2, -0.15) is 0 Å². The predicted molar refractivity (Wildman–Crippen MR) is 67.5 cm³/mol. The Bertz CT molecular complexity index is 422. The third kappa shape index (κ3) is 2.60. The van der Waals surface area contributed by atoms with Crippen molar-refractivity contribution in [2.24, 2.45) is 0 Å². The smallest absolute Gasteiger partial charge is 0.257 e. The highest BCUT2D eigenvalue weighted by molar-refractivity contribution is 5.98. The Morgan fingerprint density at radius 3 is 2.65 bits per heavy atom. The average molecular weight is 233 g/mol. The maximum Gasteiger partial charge on any atom is 0.257 e. The maximum atomic E-state index is 12.2. The molecule has 0 N–H and O–H groups in total. The van der Waals surface area contributed by atoms with Crippen molar-refractivity contribution in [1.29, 1.82) is 0 Å². The summed E-state index contributed by atoms with van der Waals surface area (Å²) in [4.78, 5) is 13.8. The molecule has 1 amide bonds. The van der Waals surface area contributed by atoms with Crippen molar-refractivity contribution < 1.29 is 9.53 Å². The highest BCUT2D eigenvalue weighted by Crippen LogP contribution is 2.31. The molecular weight excluding hydrogens is 214 g/mol. The number of rotatable bonds is 4. The summed E-state index contributed by atoms with van der Waals surface area (Å²) >= 11 is 0. The van der Waals surface area contributed by atoms with Crippen LogP contribution in [0.1, 0.15) is 35.7 Å². The van der Waals surface area contributed by atoms with Gasteiger partial charge in [-0.25, -0.2) is 0 Å². The van der Waals surface area contributed by atoms with Gasteiger partial charge in [0.1, 0.15) is 5.75 Å². The molecule has 2 rings (SSSR count). The van der Waals surface area contributed by atoms with E-state index < -0.39 is 0 Å². The molecule has 0 radical (unpaired) electrons. The van der Waals surface area contributed by atoms with Gasteiger partial charge in [0.15, 0.2) is 0 Å². The molecule has 1 aromatic carbocycles. The zero-order chi connectivity index (χ0) is 12.4. The van der Waals surface area contributed by atoms with E-state index in [1.165, 1.54) is 0 Å². The summed E-state index contributed by atoms with van der Waals surface area (Å²) in [5.41, 5.74) is 1.79. The number of aryl methyl sites for hydroxylation is 1. The summed E-state index contributed by atoms with van der Waals surface area (Å²) in [5.74, 6) is 0.767. The third-order valence-corrected chi connectivity index (χ3v) is 2.93. The highest BCUT2D eigenvalue weighted by atomic mass is 16.5. The van der Waals surface area contributed by atoms with Gasteiger partial charge in [0.05, 0.1) is 11.7 Å². The van der Waals surface area contributed by atoms with Crippen LogP contribution in [-0.4, -0.2) is 31.0 Å². The summed E-state index contributed by atoms with van der Waals surface area (Å²) in [6, 6.07) is 5.85. The van der Waals surface area contributed by atoms with E-state index in [2.05, 4.69) is 6.92 Å². The fourth-order valence-electron chi connectivity index (χ4n) is 1.80. The largest absolute Gasteiger partial charge is 0.490 e. The Balaban J connectivity index is 2.38. The van der Waals surface area contributed by atoms with E-state index >= 15 is 0 Å². The van der Waals surface area contributed by atoms with E-state index in [1.807, 2.05) is 18.2 Å². The van der Waals surface area contributed by atoms with Gasteiger partial charge in [-0.15, -0.1) is 0 Å². The van der Waals surface area contributed by atoms with Crippen LogP contribution in [0.3, 0.4) is 0 Å². The van der Waals surface area contributed by atoms with E-state index in [0.29, 0.717) is 6.10 Å². The van der Waals surface area contributed by atoms with Crippen molar-refractivity contribution in [2.75, 3.05) is 14.1 Å². The molecule has 1 aromatic rings. The lowest BCUT2D eigenvalue weighted by Gasteiger charge is -2.17. The van der Waals surface area contributed by atoms with Gasteiger partial charge in [0, 0.05) is 14.1 Å². The van der Waals surface area contributed by atoms with Crippen LogP contribution in [0.5, 0.6) is 5.75 Å². The second-order valence-corrected chi connectivity index (χ2v) is 4.66. The molecule has 3 nitrogen and oxygen atoms in total. The lowest BCUT2D eigenvalue weighted by molar-refractivity contribution is 0.0821. The van der Waals surface area contributed by atoms with Crippen LogP contribution >= 0.6 is 0 Å². The van der Waals surface area contributed by atoms with Gasteiger partial charge in [0.2, 0.25) is 0 Å². The van der Waals surface area contributed by atoms with E-state index in [0.717, 1.165) is 36.1 Å². The maximum absolute atomic E-state index is 12.2. The zero-order valence-corrected chi connectivity index (χ0v) is 10.7. The van der Waals surface area contributed by atoms with Crippen LogP contribution in [0.25, 0.3) is 0 Å². The number of carbonyl (C=O) groups is 1. The first kappa shape index (κ1) is 12.0. The summed E-state index contributed by atoms with van der Waals surface area (Å²) in [5, 5.41) is 0. The van der Waals surface area contributed by atoms with Gasteiger partial charge in [-0.1, -0.05) is 19.1 Å². The van der Waals surface area contributed by atoms with Gasteiger partial charge in [-0.05, 0) is 30.9 Å². The second-order valence-electron chi connectivity index (χ2n) is 4.66. The first-order valence-corrected chi connectivity index (χ1v) is 6.13. The normalized spacial score (nSPS) is 14.5. The van der Waals surface area contributed by atoms with Gasteiger partial charge >= 0.3 is 0 Å². The molecule has 1 aliphatic carbocycles. The molecular formula is C14H19NO2. The predicted octanol–water partition coefficient (Wildman–Crippen LogP) is 2.49. The molecule has 0 bridgehead atoms. The molecule has 0 spiro atoms. The summed E-state index contributed by atoms with van der Waals surface area (Å²) in [7, 11) is 3.55. The van der Waals surface area contributed by atoms with E-state index in [1.54, 1.807) is 19.0 Å². The summed E-state index contributed by atoms with van der Waals surface area (Å²) in [6.45, 7) is 2.06. The minimum absolute atomic E-state index is 0.0260. The van der Waals surface area contributed by atoms with Crippen molar-refractivity contribution in [3.05, 3.63) is 29.3 Å². The number of benzene rings is 1. The zero-order valence-electron chi connectivity index (χ0n) is 10.7. The Hall–Kier alpha value is -1.51. The standard InChI is InChI=1S/C14H19NO2/c1-4-10-6-5-7-12(17-11-8-9-11)13(10)14(16)15(2)3/h5-7,11H,4,8-9H2,1-3H3. The van der Waals surface area contributed by atoms with Crippen molar-refractivity contribution in [1.82, 2.24) is 4.90 Å².